The molecule has 0 aliphatic carbocycles. The Morgan fingerprint density at radius 3 is 2.06 bits per heavy atom. The number of nitrogens with one attached hydrogen (secondary N) is 1. The molecule has 18 heavy (non-hydrogen) atoms. The largest absolute Gasteiger partial charge is 0.480 e. The summed E-state index contributed by atoms with van der Waals surface area (Å²) in [5.74, 6) is -2.09. The quantitative estimate of drug-likeness (QED) is 0.736. The third-order valence-corrected chi connectivity index (χ3v) is 3.57. The number of urea groups is 1. The maximum atomic E-state index is 12.3. The highest BCUT2D eigenvalue weighted by molar-refractivity contribution is 6.09. The summed E-state index contributed by atoms with van der Waals surface area (Å²) >= 11 is 0. The molecule has 1 aliphatic rings. The van der Waals surface area contributed by atoms with Crippen LogP contribution in [0.3, 0.4) is 0 Å². The van der Waals surface area contributed by atoms with Gasteiger partial charge < -0.3 is 10.4 Å². The van der Waals surface area contributed by atoms with Gasteiger partial charge in [0.1, 0.15) is 11.6 Å². The van der Waals surface area contributed by atoms with E-state index in [2.05, 4.69) is 5.32 Å². The molecule has 0 radical (unpaired) electrons. The topological polar surface area (TPSA) is 86.7 Å². The number of carboxylic acid groups (broad SMARTS) is 1. The molecule has 1 aliphatic heterocycles. The first-order valence-electron chi connectivity index (χ1n) is 6.01. The van der Waals surface area contributed by atoms with Crippen LogP contribution in [-0.2, 0) is 9.59 Å². The van der Waals surface area contributed by atoms with E-state index in [0.717, 1.165) is 4.90 Å². The summed E-state index contributed by atoms with van der Waals surface area (Å²) in [6.07, 6.45) is 0. The Bertz CT molecular complexity index is 392. The molecule has 0 spiro atoms. The fourth-order valence-corrected chi connectivity index (χ4v) is 2.02. The lowest BCUT2D eigenvalue weighted by atomic mass is 9.88. The lowest BCUT2D eigenvalue weighted by Gasteiger charge is -2.28. The van der Waals surface area contributed by atoms with Crippen molar-refractivity contribution >= 4 is 17.9 Å². The van der Waals surface area contributed by atoms with Gasteiger partial charge in [0, 0.05) is 0 Å². The molecule has 2 unspecified atom stereocenters. The Labute approximate surface area is 106 Å². The second-order valence-corrected chi connectivity index (χ2v) is 5.49. The van der Waals surface area contributed by atoms with Gasteiger partial charge in [-0.05, 0) is 18.8 Å². The van der Waals surface area contributed by atoms with Gasteiger partial charge in [-0.15, -0.1) is 0 Å². The van der Waals surface area contributed by atoms with E-state index in [1.54, 1.807) is 20.8 Å². The molecule has 1 heterocycles. The van der Waals surface area contributed by atoms with Gasteiger partial charge in [-0.1, -0.05) is 27.7 Å². The van der Waals surface area contributed by atoms with Crippen molar-refractivity contribution in [1.82, 2.24) is 10.2 Å². The first-order chi connectivity index (χ1) is 8.12. The van der Waals surface area contributed by atoms with E-state index in [-0.39, 0.29) is 11.8 Å². The Kier molecular flexibility index (Phi) is 3.69. The SMILES string of the molecule is CC(C)C(C(=O)O)N1C(=O)NC(C)(C(C)C)C1=O. The predicted molar refractivity (Wildman–Crippen MR) is 64.9 cm³/mol. The molecule has 102 valence electrons. The van der Waals surface area contributed by atoms with E-state index in [9.17, 15) is 19.5 Å². The third kappa shape index (κ3) is 2.07. The molecule has 0 saturated carbocycles. The van der Waals surface area contributed by atoms with Crippen LogP contribution in [0, 0.1) is 11.8 Å². The standard InChI is InChI=1S/C12H20N2O4/c1-6(2)8(9(15)16)14-10(17)12(5,7(3)4)13-11(14)18/h6-8H,1-5H3,(H,13,18)(H,15,16). The molecule has 0 aromatic rings. The Balaban J connectivity index is 3.15. The van der Waals surface area contributed by atoms with Gasteiger partial charge in [-0.2, -0.15) is 0 Å². The summed E-state index contributed by atoms with van der Waals surface area (Å²) in [5, 5.41) is 11.8. The fourth-order valence-electron chi connectivity index (χ4n) is 2.02. The van der Waals surface area contributed by atoms with Gasteiger partial charge in [0.2, 0.25) is 0 Å². The van der Waals surface area contributed by atoms with Gasteiger partial charge >= 0.3 is 12.0 Å². The van der Waals surface area contributed by atoms with Crippen LogP contribution in [0.25, 0.3) is 0 Å². The van der Waals surface area contributed by atoms with Crippen LogP contribution in [0.1, 0.15) is 34.6 Å². The summed E-state index contributed by atoms with van der Waals surface area (Å²) in [6.45, 7) is 8.59. The molecule has 1 saturated heterocycles. The molecule has 3 amide bonds. The second-order valence-electron chi connectivity index (χ2n) is 5.49. The van der Waals surface area contributed by atoms with Crippen LogP contribution in [0.2, 0.25) is 0 Å². The third-order valence-electron chi connectivity index (χ3n) is 3.57. The number of hydrogen-bond acceptors (Lipinski definition) is 3. The number of carboxylic acids is 1. The second kappa shape index (κ2) is 4.59. The van der Waals surface area contributed by atoms with Gasteiger partial charge in [0.25, 0.3) is 5.91 Å². The van der Waals surface area contributed by atoms with Crippen molar-refractivity contribution in [3.8, 4) is 0 Å². The van der Waals surface area contributed by atoms with Crippen LogP contribution in [0.15, 0.2) is 0 Å². The number of aliphatic carboxylic acids is 1. The number of hydrogen-bond donors (Lipinski definition) is 2. The zero-order valence-electron chi connectivity index (χ0n) is 11.4. The number of carbonyl (C=O) groups excluding carboxylic acids is 2. The minimum Gasteiger partial charge on any atom is -0.480 e. The zero-order chi connectivity index (χ0) is 14.2. The first kappa shape index (κ1) is 14.5. The summed E-state index contributed by atoms with van der Waals surface area (Å²) in [4.78, 5) is 36.3. The van der Waals surface area contributed by atoms with Crippen LogP contribution in [0.4, 0.5) is 4.79 Å². The van der Waals surface area contributed by atoms with Crippen molar-refractivity contribution in [2.75, 3.05) is 0 Å². The number of amides is 3. The van der Waals surface area contributed by atoms with E-state index >= 15 is 0 Å². The first-order valence-corrected chi connectivity index (χ1v) is 6.01. The smallest absolute Gasteiger partial charge is 0.327 e. The summed E-state index contributed by atoms with van der Waals surface area (Å²) in [5.41, 5.74) is -1.03. The van der Waals surface area contributed by atoms with Gasteiger partial charge in [-0.3, -0.25) is 4.79 Å². The molecule has 6 nitrogen and oxygen atoms in total. The predicted octanol–water partition coefficient (Wildman–Crippen LogP) is 1.06. The summed E-state index contributed by atoms with van der Waals surface area (Å²) in [7, 11) is 0. The number of nitrogens with zero attached hydrogens (tertiary/aromatic N) is 1. The molecule has 2 N–H and O–H groups in total. The van der Waals surface area contributed by atoms with E-state index < -0.39 is 29.5 Å². The lowest BCUT2D eigenvalue weighted by molar-refractivity contribution is -0.149. The van der Waals surface area contributed by atoms with Crippen LogP contribution < -0.4 is 5.32 Å². The normalized spacial score (nSPS) is 25.8. The van der Waals surface area contributed by atoms with E-state index in [1.807, 2.05) is 13.8 Å². The van der Waals surface area contributed by atoms with Crippen LogP contribution in [-0.4, -0.2) is 39.5 Å². The van der Waals surface area contributed by atoms with Crippen molar-refractivity contribution in [2.45, 2.75) is 46.2 Å². The maximum absolute atomic E-state index is 12.3. The van der Waals surface area contributed by atoms with Crippen molar-refractivity contribution in [3.63, 3.8) is 0 Å². The van der Waals surface area contributed by atoms with Crippen LogP contribution >= 0.6 is 0 Å². The lowest BCUT2D eigenvalue weighted by Crippen LogP contribution is -2.51. The average molecular weight is 256 g/mol. The number of imide groups is 1. The molecule has 0 bridgehead atoms. The van der Waals surface area contributed by atoms with Crippen molar-refractivity contribution < 1.29 is 19.5 Å². The highest BCUT2D eigenvalue weighted by Gasteiger charge is 2.53. The molecular formula is C12H20N2O4. The Morgan fingerprint density at radius 1 is 1.28 bits per heavy atom. The molecule has 6 heteroatoms. The fraction of sp³-hybridized carbons (Fsp3) is 0.750. The van der Waals surface area contributed by atoms with Crippen molar-refractivity contribution in [1.29, 1.82) is 0 Å². The zero-order valence-corrected chi connectivity index (χ0v) is 11.4. The summed E-state index contributed by atoms with van der Waals surface area (Å²) < 4.78 is 0. The van der Waals surface area contributed by atoms with Gasteiger partial charge in [0.15, 0.2) is 0 Å². The number of rotatable bonds is 4. The molecule has 0 aromatic carbocycles. The van der Waals surface area contributed by atoms with Crippen molar-refractivity contribution in [3.05, 3.63) is 0 Å². The van der Waals surface area contributed by atoms with E-state index in [0.29, 0.717) is 0 Å². The molecule has 1 rings (SSSR count). The molecular weight excluding hydrogens is 236 g/mol. The average Bonchev–Trinajstić information content (AvgIpc) is 2.42. The molecule has 1 fully saturated rings. The Hall–Kier alpha value is -1.59. The van der Waals surface area contributed by atoms with Crippen LogP contribution in [0.5, 0.6) is 0 Å². The maximum Gasteiger partial charge on any atom is 0.327 e. The summed E-state index contributed by atoms with van der Waals surface area (Å²) in [6, 6.07) is -1.75. The van der Waals surface area contributed by atoms with E-state index in [1.165, 1.54) is 0 Å². The monoisotopic (exact) mass is 256 g/mol. The minimum atomic E-state index is -1.17. The minimum absolute atomic E-state index is 0.111. The number of carbonyl (C=O) groups is 3. The van der Waals surface area contributed by atoms with Crippen molar-refractivity contribution in [2.24, 2.45) is 11.8 Å². The van der Waals surface area contributed by atoms with E-state index in [4.69, 9.17) is 0 Å². The molecule has 0 aromatic heterocycles. The highest BCUT2D eigenvalue weighted by atomic mass is 16.4. The van der Waals surface area contributed by atoms with Gasteiger partial charge in [0.05, 0.1) is 0 Å². The molecule has 2 atom stereocenters. The highest BCUT2D eigenvalue weighted by Crippen LogP contribution is 2.28. The van der Waals surface area contributed by atoms with Gasteiger partial charge in [-0.25, -0.2) is 14.5 Å². The Morgan fingerprint density at radius 2 is 1.78 bits per heavy atom.